The van der Waals surface area contributed by atoms with E-state index >= 15 is 0 Å². The zero-order valence-corrected chi connectivity index (χ0v) is 11.7. The van der Waals surface area contributed by atoms with Gasteiger partial charge in [0, 0.05) is 25.2 Å². The number of carbonyl (C=O) groups excluding carboxylic acids is 1. The van der Waals surface area contributed by atoms with E-state index in [1.54, 1.807) is 0 Å². The first-order valence-corrected chi connectivity index (χ1v) is 6.87. The van der Waals surface area contributed by atoms with Crippen LogP contribution in [0.2, 0.25) is 0 Å². The van der Waals surface area contributed by atoms with Crippen LogP contribution in [0, 0.1) is 5.92 Å². The van der Waals surface area contributed by atoms with Crippen LogP contribution in [0.25, 0.3) is 0 Å². The molecule has 5 heteroatoms. The van der Waals surface area contributed by atoms with Crippen LogP contribution in [-0.2, 0) is 9.53 Å². The summed E-state index contributed by atoms with van der Waals surface area (Å²) in [5, 5.41) is 3.19. The van der Waals surface area contributed by atoms with Crippen molar-refractivity contribution >= 4 is 5.91 Å². The number of likely N-dealkylation sites (N-methyl/N-ethyl adjacent to an activating group) is 2. The molecular formula is C13H25N3O2. The Kier molecular flexibility index (Phi) is 4.59. The average Bonchev–Trinajstić information content (AvgIpc) is 2.75. The number of rotatable bonds is 2. The lowest BCUT2D eigenvalue weighted by Crippen LogP contribution is -2.49. The minimum Gasteiger partial charge on any atom is -0.379 e. The molecule has 3 atom stereocenters. The summed E-state index contributed by atoms with van der Waals surface area (Å²) in [6.45, 7) is 6.26. The number of carbonyl (C=O) groups is 1. The number of hydrogen-bond donors (Lipinski definition) is 1. The lowest BCUT2D eigenvalue weighted by atomic mass is 10.0. The Morgan fingerprint density at radius 1 is 1.33 bits per heavy atom. The molecule has 2 aliphatic heterocycles. The van der Waals surface area contributed by atoms with E-state index in [0.29, 0.717) is 19.3 Å². The van der Waals surface area contributed by atoms with Gasteiger partial charge < -0.3 is 19.9 Å². The fraction of sp³-hybridized carbons (Fsp3) is 0.923. The molecule has 0 aliphatic carbocycles. The molecule has 0 bridgehead atoms. The number of amides is 1. The third-order valence-electron chi connectivity index (χ3n) is 4.10. The lowest BCUT2D eigenvalue weighted by Gasteiger charge is -2.31. The predicted molar refractivity (Wildman–Crippen MR) is 70.4 cm³/mol. The van der Waals surface area contributed by atoms with Crippen LogP contribution in [-0.4, -0.2) is 74.7 Å². The molecule has 0 spiro atoms. The maximum Gasteiger partial charge on any atom is 0.229 e. The maximum absolute atomic E-state index is 12.6. The van der Waals surface area contributed by atoms with Gasteiger partial charge in [0.1, 0.15) is 0 Å². The Morgan fingerprint density at radius 2 is 2.11 bits per heavy atom. The molecule has 5 nitrogen and oxygen atoms in total. The van der Waals surface area contributed by atoms with Crippen molar-refractivity contribution in [2.45, 2.75) is 25.4 Å². The first-order valence-electron chi connectivity index (χ1n) is 6.87. The zero-order chi connectivity index (χ0) is 13.1. The minimum atomic E-state index is -0.0131. The van der Waals surface area contributed by atoms with Gasteiger partial charge in [-0.2, -0.15) is 0 Å². The van der Waals surface area contributed by atoms with Crippen molar-refractivity contribution in [3.05, 3.63) is 0 Å². The van der Waals surface area contributed by atoms with Crippen LogP contribution in [0.4, 0.5) is 0 Å². The molecule has 1 N–H and O–H groups in total. The molecule has 0 radical (unpaired) electrons. The molecule has 1 amide bonds. The SMILES string of the molecule is CNC1COCC1C(=O)N1CCCN(C)CC1C. The number of nitrogens with one attached hydrogen (secondary N) is 1. The summed E-state index contributed by atoms with van der Waals surface area (Å²) in [4.78, 5) is 17.0. The van der Waals surface area contributed by atoms with E-state index in [-0.39, 0.29) is 17.9 Å². The first kappa shape index (κ1) is 13.8. The first-order chi connectivity index (χ1) is 8.63. The Labute approximate surface area is 109 Å². The van der Waals surface area contributed by atoms with Crippen LogP contribution in [0.3, 0.4) is 0 Å². The fourth-order valence-corrected chi connectivity index (χ4v) is 2.99. The third-order valence-corrected chi connectivity index (χ3v) is 4.10. The summed E-state index contributed by atoms with van der Waals surface area (Å²) in [7, 11) is 4.03. The van der Waals surface area contributed by atoms with E-state index in [1.165, 1.54) is 0 Å². The van der Waals surface area contributed by atoms with Crippen molar-refractivity contribution in [1.29, 1.82) is 0 Å². The molecule has 18 heavy (non-hydrogen) atoms. The standard InChI is InChI=1S/C13H25N3O2/c1-10-7-15(3)5-4-6-16(10)13(17)11-8-18-9-12(11)14-2/h10-12,14H,4-9H2,1-3H3. The van der Waals surface area contributed by atoms with Crippen molar-refractivity contribution < 1.29 is 9.53 Å². The number of ether oxygens (including phenoxy) is 1. The van der Waals surface area contributed by atoms with Crippen molar-refractivity contribution in [3.8, 4) is 0 Å². The van der Waals surface area contributed by atoms with Crippen molar-refractivity contribution in [2.75, 3.05) is 46.9 Å². The van der Waals surface area contributed by atoms with Gasteiger partial charge in [0.25, 0.3) is 0 Å². The van der Waals surface area contributed by atoms with Gasteiger partial charge in [0.2, 0.25) is 5.91 Å². The second-order valence-corrected chi connectivity index (χ2v) is 5.54. The average molecular weight is 255 g/mol. The van der Waals surface area contributed by atoms with Gasteiger partial charge in [-0.1, -0.05) is 0 Å². The highest BCUT2D eigenvalue weighted by Crippen LogP contribution is 2.19. The molecule has 2 heterocycles. The molecule has 0 aromatic heterocycles. The van der Waals surface area contributed by atoms with Crippen molar-refractivity contribution in [2.24, 2.45) is 5.92 Å². The fourth-order valence-electron chi connectivity index (χ4n) is 2.99. The van der Waals surface area contributed by atoms with Crippen LogP contribution in [0.15, 0.2) is 0 Å². The van der Waals surface area contributed by atoms with E-state index in [4.69, 9.17) is 4.74 Å². The van der Waals surface area contributed by atoms with E-state index in [1.807, 2.05) is 11.9 Å². The van der Waals surface area contributed by atoms with E-state index < -0.39 is 0 Å². The summed E-state index contributed by atoms with van der Waals surface area (Å²) in [6, 6.07) is 0.466. The quantitative estimate of drug-likeness (QED) is 0.740. The highest BCUT2D eigenvalue weighted by molar-refractivity contribution is 5.80. The number of hydrogen-bond acceptors (Lipinski definition) is 4. The summed E-state index contributed by atoms with van der Waals surface area (Å²) < 4.78 is 5.44. The van der Waals surface area contributed by atoms with Gasteiger partial charge in [-0.15, -0.1) is 0 Å². The van der Waals surface area contributed by atoms with Crippen molar-refractivity contribution in [1.82, 2.24) is 15.1 Å². The molecule has 2 saturated heterocycles. The predicted octanol–water partition coefficient (Wildman–Crippen LogP) is -0.227. The van der Waals surface area contributed by atoms with E-state index in [2.05, 4.69) is 24.2 Å². The van der Waals surface area contributed by atoms with E-state index in [9.17, 15) is 4.79 Å². The Balaban J connectivity index is 2.02. The Hall–Kier alpha value is -0.650. The highest BCUT2D eigenvalue weighted by Gasteiger charge is 2.37. The molecule has 0 saturated carbocycles. The Bertz CT molecular complexity index is 298. The van der Waals surface area contributed by atoms with Gasteiger partial charge in [-0.3, -0.25) is 4.79 Å². The lowest BCUT2D eigenvalue weighted by molar-refractivity contribution is -0.137. The summed E-state index contributed by atoms with van der Waals surface area (Å²) >= 11 is 0. The summed E-state index contributed by atoms with van der Waals surface area (Å²) in [5.74, 6) is 0.246. The van der Waals surface area contributed by atoms with Crippen LogP contribution in [0.1, 0.15) is 13.3 Å². The van der Waals surface area contributed by atoms with Crippen molar-refractivity contribution in [3.63, 3.8) is 0 Å². The smallest absolute Gasteiger partial charge is 0.229 e. The van der Waals surface area contributed by atoms with Gasteiger partial charge in [-0.25, -0.2) is 0 Å². The number of nitrogens with zero attached hydrogens (tertiary/aromatic N) is 2. The summed E-state index contributed by atoms with van der Waals surface area (Å²) in [5.41, 5.74) is 0. The zero-order valence-electron chi connectivity index (χ0n) is 11.7. The van der Waals surface area contributed by atoms with Gasteiger partial charge in [0.05, 0.1) is 19.1 Å². The molecule has 2 rings (SSSR count). The largest absolute Gasteiger partial charge is 0.379 e. The third kappa shape index (κ3) is 2.84. The van der Waals surface area contributed by atoms with Gasteiger partial charge in [0.15, 0.2) is 0 Å². The van der Waals surface area contributed by atoms with Crippen LogP contribution >= 0.6 is 0 Å². The monoisotopic (exact) mass is 255 g/mol. The minimum absolute atomic E-state index is 0.0131. The van der Waals surface area contributed by atoms with Crippen LogP contribution < -0.4 is 5.32 Å². The van der Waals surface area contributed by atoms with Gasteiger partial charge >= 0.3 is 0 Å². The molecule has 2 aliphatic rings. The maximum atomic E-state index is 12.6. The summed E-state index contributed by atoms with van der Waals surface area (Å²) in [6.07, 6.45) is 1.06. The highest BCUT2D eigenvalue weighted by atomic mass is 16.5. The molecule has 0 aromatic carbocycles. The van der Waals surface area contributed by atoms with E-state index in [0.717, 1.165) is 26.1 Å². The Morgan fingerprint density at radius 3 is 2.83 bits per heavy atom. The van der Waals surface area contributed by atoms with Gasteiger partial charge in [-0.05, 0) is 34.0 Å². The molecule has 3 unspecified atom stereocenters. The molecule has 2 fully saturated rings. The molecule has 0 aromatic rings. The molecular weight excluding hydrogens is 230 g/mol. The topological polar surface area (TPSA) is 44.8 Å². The molecule has 104 valence electrons. The normalized spacial score (nSPS) is 34.6. The van der Waals surface area contributed by atoms with Crippen LogP contribution in [0.5, 0.6) is 0 Å². The second kappa shape index (κ2) is 5.99. The second-order valence-electron chi connectivity index (χ2n) is 5.54.